The highest BCUT2D eigenvalue weighted by molar-refractivity contribution is 7.14. The van der Waals surface area contributed by atoms with Gasteiger partial charge in [-0.05, 0) is 48.9 Å². The van der Waals surface area contributed by atoms with Crippen LogP contribution in [0.15, 0.2) is 29.2 Å². The van der Waals surface area contributed by atoms with Gasteiger partial charge in [0.05, 0.1) is 10.4 Å². The Kier molecular flexibility index (Phi) is 5.49. The summed E-state index contributed by atoms with van der Waals surface area (Å²) >= 11 is 1.24. The highest BCUT2D eigenvalue weighted by atomic mass is 32.1. The van der Waals surface area contributed by atoms with Gasteiger partial charge in [-0.3, -0.25) is 14.3 Å². The number of carbonyl (C=O) groups excluding carboxylic acids is 1. The Morgan fingerprint density at radius 1 is 1.34 bits per heavy atom. The lowest BCUT2D eigenvalue weighted by Crippen LogP contribution is -2.37. The topological polar surface area (TPSA) is 94.8 Å². The molecule has 4 heterocycles. The van der Waals surface area contributed by atoms with Crippen molar-refractivity contribution in [3.05, 3.63) is 50.2 Å². The lowest BCUT2D eigenvalue weighted by atomic mass is 9.89. The average Bonchev–Trinajstić information content (AvgIpc) is 3.35. The maximum Gasteiger partial charge on any atom is 0.327 e. The van der Waals surface area contributed by atoms with E-state index in [0.717, 1.165) is 36.8 Å². The van der Waals surface area contributed by atoms with Crippen LogP contribution in [-0.4, -0.2) is 38.4 Å². The van der Waals surface area contributed by atoms with Crippen LogP contribution in [0.3, 0.4) is 0 Å². The van der Waals surface area contributed by atoms with Crippen molar-refractivity contribution in [1.82, 2.24) is 19.4 Å². The number of amides is 1. The molecule has 1 fully saturated rings. The minimum absolute atomic E-state index is 0.00340. The molecule has 29 heavy (non-hydrogen) atoms. The number of thiophene rings is 1. The number of aromatic amines is 1. The molecule has 0 aromatic carbocycles. The summed E-state index contributed by atoms with van der Waals surface area (Å²) in [7, 11) is 0. The van der Waals surface area contributed by atoms with Gasteiger partial charge in [-0.2, -0.15) is 5.26 Å². The largest absolute Gasteiger partial charge is 0.338 e. The quantitative estimate of drug-likeness (QED) is 0.698. The monoisotopic (exact) mass is 409 g/mol. The van der Waals surface area contributed by atoms with Crippen LogP contribution in [0, 0.1) is 11.3 Å². The van der Waals surface area contributed by atoms with Crippen molar-refractivity contribution in [1.29, 1.82) is 5.26 Å². The Balaban J connectivity index is 1.54. The first-order chi connectivity index (χ1) is 14.1. The molecule has 4 rings (SSSR count). The Hall–Kier alpha value is -2.92. The number of imidazole rings is 1. The number of aromatic nitrogens is 3. The molecule has 1 amide bonds. The van der Waals surface area contributed by atoms with E-state index in [2.05, 4.69) is 23.0 Å². The molecule has 3 aromatic heterocycles. The molecule has 0 aliphatic carbocycles. The normalized spacial score (nSPS) is 15.0. The molecule has 0 unspecified atom stereocenters. The van der Waals surface area contributed by atoms with E-state index in [4.69, 9.17) is 5.26 Å². The molecule has 150 valence electrons. The summed E-state index contributed by atoms with van der Waals surface area (Å²) in [6, 6.07) is 7.52. The molecular weight excluding hydrogens is 386 g/mol. The van der Waals surface area contributed by atoms with Crippen LogP contribution in [0.4, 0.5) is 0 Å². The maximum atomic E-state index is 12.7. The summed E-state index contributed by atoms with van der Waals surface area (Å²) in [4.78, 5) is 35.4. The van der Waals surface area contributed by atoms with Crippen molar-refractivity contribution < 1.29 is 4.79 Å². The van der Waals surface area contributed by atoms with E-state index in [1.54, 1.807) is 18.3 Å². The molecule has 1 aliphatic rings. The minimum Gasteiger partial charge on any atom is -0.338 e. The maximum absolute atomic E-state index is 12.7. The van der Waals surface area contributed by atoms with Crippen molar-refractivity contribution in [2.45, 2.75) is 45.1 Å². The number of H-pyrrole nitrogens is 1. The number of nitrogens with one attached hydrogen (secondary N) is 1. The van der Waals surface area contributed by atoms with Gasteiger partial charge in [0, 0.05) is 25.8 Å². The Bertz CT molecular complexity index is 1130. The fourth-order valence-corrected chi connectivity index (χ4v) is 4.81. The van der Waals surface area contributed by atoms with Crippen LogP contribution >= 0.6 is 11.3 Å². The summed E-state index contributed by atoms with van der Waals surface area (Å²) in [5.41, 5.74) is 2.59. The number of unbranched alkanes of at least 4 members (excludes halogenated alkanes) is 1. The zero-order valence-corrected chi connectivity index (χ0v) is 17.2. The molecule has 0 atom stereocenters. The number of nitriles is 1. The van der Waals surface area contributed by atoms with Crippen molar-refractivity contribution >= 4 is 28.4 Å². The molecular formula is C21H23N5O2S. The number of pyridine rings is 1. The summed E-state index contributed by atoms with van der Waals surface area (Å²) < 4.78 is 1.81. The molecule has 0 bridgehead atoms. The zero-order chi connectivity index (χ0) is 20.4. The fraction of sp³-hybridized carbons (Fsp3) is 0.429. The third-order valence-electron chi connectivity index (χ3n) is 5.58. The van der Waals surface area contributed by atoms with Gasteiger partial charge in [-0.1, -0.05) is 13.3 Å². The molecule has 1 N–H and O–H groups in total. The summed E-state index contributed by atoms with van der Waals surface area (Å²) in [5, 5.41) is 8.97. The van der Waals surface area contributed by atoms with E-state index in [9.17, 15) is 9.59 Å². The Morgan fingerprint density at radius 3 is 2.83 bits per heavy atom. The highest BCUT2D eigenvalue weighted by Crippen LogP contribution is 2.32. The first-order valence-electron chi connectivity index (χ1n) is 9.99. The zero-order valence-electron chi connectivity index (χ0n) is 16.4. The van der Waals surface area contributed by atoms with Gasteiger partial charge in [0.15, 0.2) is 5.65 Å². The third kappa shape index (κ3) is 3.70. The number of hydrogen-bond donors (Lipinski definition) is 1. The molecule has 3 aromatic rings. The van der Waals surface area contributed by atoms with Gasteiger partial charge in [-0.15, -0.1) is 11.3 Å². The van der Waals surface area contributed by atoms with Crippen LogP contribution in [0.2, 0.25) is 0 Å². The SMILES string of the molecule is CCCCn1c(=O)[nH]c2nccc(C3CCN(C(=O)c4ccc(C#N)s4)CC3)c21. The van der Waals surface area contributed by atoms with Crippen molar-refractivity contribution in [2.75, 3.05) is 13.1 Å². The number of hydrogen-bond acceptors (Lipinski definition) is 5. The number of piperidine rings is 1. The lowest BCUT2D eigenvalue weighted by molar-refractivity contribution is 0.0718. The number of likely N-dealkylation sites (tertiary alicyclic amines) is 1. The van der Waals surface area contributed by atoms with Crippen LogP contribution in [0.25, 0.3) is 11.2 Å². The highest BCUT2D eigenvalue weighted by Gasteiger charge is 2.27. The number of fused-ring (bicyclic) bond motifs is 1. The van der Waals surface area contributed by atoms with Crippen molar-refractivity contribution in [3.8, 4) is 6.07 Å². The minimum atomic E-state index is -0.105. The molecule has 8 heteroatoms. The molecule has 7 nitrogen and oxygen atoms in total. The molecule has 1 saturated heterocycles. The first kappa shape index (κ1) is 19.4. The molecule has 0 spiro atoms. The van der Waals surface area contributed by atoms with Crippen LogP contribution < -0.4 is 5.69 Å². The van der Waals surface area contributed by atoms with E-state index in [1.165, 1.54) is 11.3 Å². The van der Waals surface area contributed by atoms with Gasteiger partial charge in [0.1, 0.15) is 10.9 Å². The van der Waals surface area contributed by atoms with E-state index in [1.807, 2.05) is 15.5 Å². The number of rotatable bonds is 5. The lowest BCUT2D eigenvalue weighted by Gasteiger charge is -2.32. The second-order valence-corrected chi connectivity index (χ2v) is 8.46. The molecule has 0 saturated carbocycles. The Morgan fingerprint density at radius 2 is 2.14 bits per heavy atom. The van der Waals surface area contributed by atoms with E-state index >= 15 is 0 Å². The smallest absolute Gasteiger partial charge is 0.327 e. The number of nitrogens with zero attached hydrogens (tertiary/aromatic N) is 4. The fourth-order valence-electron chi connectivity index (χ4n) is 4.04. The predicted molar refractivity (Wildman–Crippen MR) is 112 cm³/mol. The van der Waals surface area contributed by atoms with Crippen LogP contribution in [0.1, 0.15) is 58.6 Å². The van der Waals surface area contributed by atoms with Gasteiger partial charge in [-0.25, -0.2) is 9.78 Å². The van der Waals surface area contributed by atoms with Crippen molar-refractivity contribution in [3.63, 3.8) is 0 Å². The van der Waals surface area contributed by atoms with Crippen molar-refractivity contribution in [2.24, 2.45) is 0 Å². The number of carbonyl (C=O) groups is 1. The third-order valence-corrected chi connectivity index (χ3v) is 6.56. The number of aryl methyl sites for hydroxylation is 1. The second-order valence-electron chi connectivity index (χ2n) is 7.37. The predicted octanol–water partition coefficient (Wildman–Crippen LogP) is 3.48. The average molecular weight is 410 g/mol. The summed E-state index contributed by atoms with van der Waals surface area (Å²) in [5.74, 6) is 0.280. The molecule has 1 aliphatic heterocycles. The van der Waals surface area contributed by atoms with Gasteiger partial charge in [0.2, 0.25) is 0 Å². The van der Waals surface area contributed by atoms with E-state index < -0.39 is 0 Å². The van der Waals surface area contributed by atoms with Gasteiger partial charge in [0.25, 0.3) is 5.91 Å². The van der Waals surface area contributed by atoms with Crippen LogP contribution in [0.5, 0.6) is 0 Å². The second kappa shape index (κ2) is 8.21. The summed E-state index contributed by atoms with van der Waals surface area (Å²) in [6.07, 6.45) is 5.40. The van der Waals surface area contributed by atoms with Gasteiger partial charge >= 0.3 is 5.69 Å². The van der Waals surface area contributed by atoms with E-state index in [0.29, 0.717) is 35.0 Å². The van der Waals surface area contributed by atoms with Gasteiger partial charge < -0.3 is 4.90 Å². The van der Waals surface area contributed by atoms with Crippen LogP contribution in [-0.2, 0) is 6.54 Å². The Labute approximate surface area is 172 Å². The first-order valence-corrected chi connectivity index (χ1v) is 10.8. The summed E-state index contributed by atoms with van der Waals surface area (Å²) in [6.45, 7) is 4.12. The van der Waals surface area contributed by atoms with E-state index in [-0.39, 0.29) is 17.5 Å². The molecule has 0 radical (unpaired) electrons. The standard InChI is InChI=1S/C21H23N5O2S/c1-2-3-10-26-18-16(6-9-23-19(18)24-21(26)28)14-7-11-25(12-8-14)20(27)17-5-4-15(13-22)29-17/h4-6,9,14H,2-3,7-8,10-12H2,1H3,(H,23,24,28).